The smallest absolute Gasteiger partial charge is 0.0242 e. The van der Waals surface area contributed by atoms with Gasteiger partial charge in [0.1, 0.15) is 0 Å². The Morgan fingerprint density at radius 3 is 1.80 bits per heavy atom. The summed E-state index contributed by atoms with van der Waals surface area (Å²) in [5.41, 5.74) is 3.70. The van der Waals surface area contributed by atoms with Gasteiger partial charge in [0.15, 0.2) is 0 Å². The molecule has 0 aliphatic heterocycles. The van der Waals surface area contributed by atoms with Crippen molar-refractivity contribution in [3.05, 3.63) is 11.8 Å². The van der Waals surface area contributed by atoms with Crippen molar-refractivity contribution in [1.29, 1.82) is 0 Å². The number of rotatable bonds is 2. The van der Waals surface area contributed by atoms with Gasteiger partial charge >= 0.3 is 0 Å². The minimum absolute atomic E-state index is 0.505. The van der Waals surface area contributed by atoms with E-state index in [2.05, 4.69) is 19.3 Å². The van der Waals surface area contributed by atoms with E-state index >= 15 is 0 Å². The van der Waals surface area contributed by atoms with Gasteiger partial charge in [-0.1, -0.05) is 33.8 Å². The third-order valence-electron chi connectivity index (χ3n) is 1.10. The zero-order valence-electron chi connectivity index (χ0n) is 7.73. The molecule has 0 aromatic carbocycles. The Morgan fingerprint density at radius 1 is 1.40 bits per heavy atom. The molecule has 0 spiro atoms. The molecule has 0 bridgehead atoms. The lowest BCUT2D eigenvalue weighted by molar-refractivity contribution is 0.670. The second-order valence-electron chi connectivity index (χ2n) is 2.04. The first-order valence-electron chi connectivity index (χ1n) is 3.85. The fourth-order valence-electron chi connectivity index (χ4n) is 0.583. The highest BCUT2D eigenvalue weighted by Crippen LogP contribution is 2.02. The fraction of sp³-hybridized carbons (Fsp3) is 0.750. The van der Waals surface area contributed by atoms with Crippen LogP contribution in [-0.4, -0.2) is 0 Å². The molecule has 0 atom stereocenters. The number of nitrogens with two attached hydrogens (primary N) is 1. The number of hydrogen-bond donors (Lipinski definition) is 2. The van der Waals surface area contributed by atoms with Gasteiger partial charge in [-0.3, -0.25) is 5.84 Å². The first-order chi connectivity index (χ1) is 4.72. The molecule has 0 saturated carbocycles. The van der Waals surface area contributed by atoms with Crippen LogP contribution in [0.15, 0.2) is 11.8 Å². The molecule has 0 aliphatic rings. The van der Waals surface area contributed by atoms with Crippen molar-refractivity contribution in [3.8, 4) is 0 Å². The molecule has 62 valence electrons. The molecule has 0 aliphatic carbocycles. The summed E-state index contributed by atoms with van der Waals surface area (Å²) >= 11 is 0. The molecule has 0 unspecified atom stereocenters. The number of hydrogen-bond acceptors (Lipinski definition) is 2. The highest BCUT2D eigenvalue weighted by Gasteiger charge is 1.95. The Labute approximate surface area is 64.5 Å². The van der Waals surface area contributed by atoms with Crippen LogP contribution in [0.3, 0.4) is 0 Å². The molecule has 10 heavy (non-hydrogen) atoms. The lowest BCUT2D eigenvalue weighted by atomic mass is 10.1. The van der Waals surface area contributed by atoms with Crippen LogP contribution in [0.1, 0.15) is 34.6 Å². The molecule has 3 N–H and O–H groups in total. The van der Waals surface area contributed by atoms with Crippen molar-refractivity contribution >= 4 is 0 Å². The second kappa shape index (κ2) is 8.50. The van der Waals surface area contributed by atoms with Gasteiger partial charge in [-0.05, 0) is 12.8 Å². The van der Waals surface area contributed by atoms with Crippen LogP contribution in [0.4, 0.5) is 0 Å². The standard InChI is InChI=1S/C6H14N2.C2H6/c1-4-6(8-7)5(2)3;1-2/h4-5,8H,7H2,1-3H3;1-2H3/b6-4-;. The van der Waals surface area contributed by atoms with Crippen molar-refractivity contribution in [3.63, 3.8) is 0 Å². The predicted octanol–water partition coefficient (Wildman–Crippen LogP) is 2.04. The van der Waals surface area contributed by atoms with Crippen molar-refractivity contribution in [2.75, 3.05) is 0 Å². The average Bonchev–Trinajstić information content (AvgIpc) is 1.94. The lowest BCUT2D eigenvalue weighted by Crippen LogP contribution is -2.23. The summed E-state index contributed by atoms with van der Waals surface area (Å²) in [6, 6.07) is 0. The monoisotopic (exact) mass is 144 g/mol. The summed E-state index contributed by atoms with van der Waals surface area (Å²) in [5, 5.41) is 0. The third-order valence-corrected chi connectivity index (χ3v) is 1.10. The van der Waals surface area contributed by atoms with E-state index in [1.165, 1.54) is 0 Å². The summed E-state index contributed by atoms with van der Waals surface area (Å²) in [6.07, 6.45) is 1.98. The van der Waals surface area contributed by atoms with E-state index in [9.17, 15) is 0 Å². The van der Waals surface area contributed by atoms with Gasteiger partial charge in [-0.15, -0.1) is 0 Å². The van der Waals surface area contributed by atoms with E-state index in [0.29, 0.717) is 5.92 Å². The Hall–Kier alpha value is -0.500. The van der Waals surface area contributed by atoms with E-state index in [1.54, 1.807) is 0 Å². The van der Waals surface area contributed by atoms with Crippen molar-refractivity contribution in [2.45, 2.75) is 34.6 Å². The van der Waals surface area contributed by atoms with Crippen LogP contribution in [0.25, 0.3) is 0 Å². The Balaban J connectivity index is 0. The number of nitrogens with one attached hydrogen (secondary N) is 1. The zero-order valence-corrected chi connectivity index (χ0v) is 7.73. The molecule has 0 fully saturated rings. The molecule has 0 radical (unpaired) electrons. The van der Waals surface area contributed by atoms with Gasteiger partial charge in [-0.2, -0.15) is 0 Å². The maximum atomic E-state index is 5.17. The summed E-state index contributed by atoms with van der Waals surface area (Å²) in [4.78, 5) is 0. The molecule has 0 amide bonds. The predicted molar refractivity (Wildman–Crippen MR) is 47.3 cm³/mol. The van der Waals surface area contributed by atoms with Crippen molar-refractivity contribution in [2.24, 2.45) is 11.8 Å². The van der Waals surface area contributed by atoms with Crippen molar-refractivity contribution < 1.29 is 0 Å². The fourth-order valence-corrected chi connectivity index (χ4v) is 0.583. The topological polar surface area (TPSA) is 38.0 Å². The highest BCUT2D eigenvalue weighted by atomic mass is 15.2. The van der Waals surface area contributed by atoms with Gasteiger partial charge in [0.25, 0.3) is 0 Å². The third kappa shape index (κ3) is 5.63. The SMILES string of the molecule is C/C=C(\NN)C(C)C.CC. The molecule has 0 saturated heterocycles. The summed E-state index contributed by atoms with van der Waals surface area (Å²) < 4.78 is 0. The Bertz CT molecular complexity index is 85.3. The van der Waals surface area contributed by atoms with Crippen LogP contribution in [0.2, 0.25) is 0 Å². The maximum Gasteiger partial charge on any atom is 0.0242 e. The Kier molecular flexibility index (Phi) is 10.4. The molecular weight excluding hydrogens is 124 g/mol. The summed E-state index contributed by atoms with van der Waals surface area (Å²) in [6.45, 7) is 10.2. The van der Waals surface area contributed by atoms with Crippen LogP contribution >= 0.6 is 0 Å². The number of hydrazine groups is 1. The van der Waals surface area contributed by atoms with Gasteiger partial charge < -0.3 is 5.43 Å². The van der Waals surface area contributed by atoms with Gasteiger partial charge in [0.2, 0.25) is 0 Å². The van der Waals surface area contributed by atoms with Crippen LogP contribution < -0.4 is 11.3 Å². The van der Waals surface area contributed by atoms with Crippen LogP contribution in [-0.2, 0) is 0 Å². The first-order valence-corrected chi connectivity index (χ1v) is 3.85. The van der Waals surface area contributed by atoms with E-state index in [1.807, 2.05) is 26.8 Å². The first kappa shape index (κ1) is 12.2. The van der Waals surface area contributed by atoms with E-state index in [4.69, 9.17) is 5.84 Å². The van der Waals surface area contributed by atoms with Crippen molar-refractivity contribution in [1.82, 2.24) is 5.43 Å². The van der Waals surface area contributed by atoms with E-state index < -0.39 is 0 Å². The molecule has 0 rings (SSSR count). The quantitative estimate of drug-likeness (QED) is 0.460. The largest absolute Gasteiger partial charge is 0.328 e. The van der Waals surface area contributed by atoms with E-state index in [0.717, 1.165) is 5.70 Å². The van der Waals surface area contributed by atoms with Gasteiger partial charge in [0.05, 0.1) is 0 Å². The van der Waals surface area contributed by atoms with Gasteiger partial charge in [-0.25, -0.2) is 0 Å². The maximum absolute atomic E-state index is 5.17. The number of allylic oxidation sites excluding steroid dienone is 2. The molecule has 0 aromatic rings. The molecule has 0 heterocycles. The molecular formula is C8H20N2. The molecule has 2 nitrogen and oxygen atoms in total. The minimum Gasteiger partial charge on any atom is -0.328 e. The summed E-state index contributed by atoms with van der Waals surface area (Å²) in [7, 11) is 0. The molecule has 2 heteroatoms. The Morgan fingerprint density at radius 2 is 1.80 bits per heavy atom. The summed E-state index contributed by atoms with van der Waals surface area (Å²) in [5.74, 6) is 5.67. The second-order valence-corrected chi connectivity index (χ2v) is 2.04. The van der Waals surface area contributed by atoms with Crippen LogP contribution in [0.5, 0.6) is 0 Å². The highest BCUT2D eigenvalue weighted by molar-refractivity contribution is 4.98. The molecule has 0 aromatic heterocycles. The van der Waals surface area contributed by atoms with Crippen LogP contribution in [0, 0.1) is 5.92 Å². The normalized spacial score (nSPS) is 10.5. The zero-order chi connectivity index (χ0) is 8.57. The van der Waals surface area contributed by atoms with Gasteiger partial charge in [0, 0.05) is 5.70 Å². The average molecular weight is 144 g/mol. The minimum atomic E-state index is 0.505. The lowest BCUT2D eigenvalue weighted by Gasteiger charge is -2.07. The van der Waals surface area contributed by atoms with E-state index in [-0.39, 0.29) is 0 Å².